The molecule has 0 aliphatic carbocycles. The highest BCUT2D eigenvalue weighted by molar-refractivity contribution is 5.88. The lowest BCUT2D eigenvalue weighted by Crippen LogP contribution is -2.50. The smallest absolute Gasteiger partial charge is 0.410 e. The predicted octanol–water partition coefficient (Wildman–Crippen LogP) is 0.831. The Balaban J connectivity index is 4.56. The van der Waals surface area contributed by atoms with Crippen LogP contribution in [-0.2, 0) is 14.3 Å². The Hall–Kier alpha value is -1.79. The number of carbonyl (C=O) groups is 3. The SMILES string of the molecule is C[C@H](NC(=O)[C@H](C)N(C)C(=O)OC(C)(C)C)C(=O)O. The third-order valence-electron chi connectivity index (χ3n) is 2.37. The lowest BCUT2D eigenvalue weighted by atomic mass is 10.2. The summed E-state index contributed by atoms with van der Waals surface area (Å²) < 4.78 is 5.11. The van der Waals surface area contributed by atoms with Crippen molar-refractivity contribution >= 4 is 18.0 Å². The largest absolute Gasteiger partial charge is 0.480 e. The minimum atomic E-state index is -1.14. The molecular formula is C12H22N2O5. The second-order valence-corrected chi connectivity index (χ2v) is 5.34. The Morgan fingerprint density at radius 1 is 1.21 bits per heavy atom. The number of rotatable bonds is 4. The number of nitrogens with zero attached hydrogens (tertiary/aromatic N) is 1. The molecule has 0 saturated carbocycles. The zero-order valence-corrected chi connectivity index (χ0v) is 12.2. The molecule has 0 aromatic carbocycles. The van der Waals surface area contributed by atoms with Crippen molar-refractivity contribution in [3.63, 3.8) is 0 Å². The molecule has 0 aliphatic heterocycles. The molecule has 0 unspecified atom stereocenters. The number of aliphatic carboxylic acids is 1. The number of carboxylic acids is 1. The Kier molecular flexibility index (Phi) is 5.80. The topological polar surface area (TPSA) is 95.9 Å². The van der Waals surface area contributed by atoms with E-state index in [0.29, 0.717) is 0 Å². The van der Waals surface area contributed by atoms with E-state index in [1.165, 1.54) is 20.9 Å². The fraction of sp³-hybridized carbons (Fsp3) is 0.750. The molecule has 0 heterocycles. The summed E-state index contributed by atoms with van der Waals surface area (Å²) in [4.78, 5) is 35.2. The maximum Gasteiger partial charge on any atom is 0.410 e. The molecule has 0 fully saturated rings. The summed E-state index contributed by atoms with van der Waals surface area (Å²) in [5.74, 6) is -1.69. The van der Waals surface area contributed by atoms with E-state index in [-0.39, 0.29) is 0 Å². The van der Waals surface area contributed by atoms with Crippen LogP contribution in [0, 0.1) is 0 Å². The van der Waals surface area contributed by atoms with E-state index >= 15 is 0 Å². The Bertz CT molecular complexity index is 362. The van der Waals surface area contributed by atoms with E-state index in [2.05, 4.69) is 5.32 Å². The van der Waals surface area contributed by atoms with Crippen LogP contribution in [0.4, 0.5) is 4.79 Å². The van der Waals surface area contributed by atoms with Gasteiger partial charge in [-0.05, 0) is 34.6 Å². The van der Waals surface area contributed by atoms with Gasteiger partial charge in [-0.1, -0.05) is 0 Å². The second kappa shape index (κ2) is 6.40. The van der Waals surface area contributed by atoms with Crippen molar-refractivity contribution in [2.24, 2.45) is 0 Å². The van der Waals surface area contributed by atoms with Crippen LogP contribution in [0.2, 0.25) is 0 Å². The molecule has 0 aromatic rings. The number of ether oxygens (including phenoxy) is 1. The molecule has 0 spiro atoms. The summed E-state index contributed by atoms with van der Waals surface area (Å²) in [5.41, 5.74) is -0.657. The van der Waals surface area contributed by atoms with Crippen molar-refractivity contribution < 1.29 is 24.2 Å². The molecule has 7 heteroatoms. The van der Waals surface area contributed by atoms with E-state index in [1.807, 2.05) is 0 Å². The van der Waals surface area contributed by atoms with Gasteiger partial charge in [0.15, 0.2) is 0 Å². The van der Waals surface area contributed by atoms with E-state index in [1.54, 1.807) is 20.8 Å². The first-order valence-electron chi connectivity index (χ1n) is 5.94. The molecule has 2 atom stereocenters. The summed E-state index contributed by atoms with van der Waals surface area (Å²) in [6, 6.07) is -1.83. The number of likely N-dealkylation sites (N-methyl/N-ethyl adjacent to an activating group) is 1. The monoisotopic (exact) mass is 274 g/mol. The van der Waals surface area contributed by atoms with E-state index in [0.717, 1.165) is 4.90 Å². The Morgan fingerprint density at radius 3 is 2.05 bits per heavy atom. The lowest BCUT2D eigenvalue weighted by Gasteiger charge is -2.28. The minimum absolute atomic E-state index is 0.553. The van der Waals surface area contributed by atoms with Gasteiger partial charge in [0, 0.05) is 7.05 Å². The van der Waals surface area contributed by atoms with E-state index < -0.39 is 35.7 Å². The summed E-state index contributed by atoms with van der Waals surface area (Å²) in [5, 5.41) is 11.0. The summed E-state index contributed by atoms with van der Waals surface area (Å²) >= 11 is 0. The van der Waals surface area contributed by atoms with Crippen molar-refractivity contribution in [3.8, 4) is 0 Å². The molecule has 7 nitrogen and oxygen atoms in total. The van der Waals surface area contributed by atoms with Crippen molar-refractivity contribution in [2.45, 2.75) is 52.3 Å². The standard InChI is InChI=1S/C12H22N2O5/c1-7(10(16)17)13-9(15)8(2)14(6)11(18)19-12(3,4)5/h7-8H,1-6H3,(H,13,15)(H,16,17)/t7-,8-/m0/s1. The Labute approximate surface area is 112 Å². The fourth-order valence-electron chi connectivity index (χ4n) is 1.06. The molecular weight excluding hydrogens is 252 g/mol. The quantitative estimate of drug-likeness (QED) is 0.791. The number of amides is 2. The maximum atomic E-state index is 11.7. The normalized spacial score (nSPS) is 14.2. The highest BCUT2D eigenvalue weighted by Gasteiger charge is 2.28. The fourth-order valence-corrected chi connectivity index (χ4v) is 1.06. The van der Waals surface area contributed by atoms with Crippen molar-refractivity contribution in [2.75, 3.05) is 7.05 Å². The first kappa shape index (κ1) is 17.2. The van der Waals surface area contributed by atoms with E-state index in [9.17, 15) is 14.4 Å². The van der Waals surface area contributed by atoms with Gasteiger partial charge in [-0.15, -0.1) is 0 Å². The number of hydrogen-bond donors (Lipinski definition) is 2. The molecule has 0 aromatic heterocycles. The minimum Gasteiger partial charge on any atom is -0.480 e. The maximum absolute atomic E-state index is 11.7. The average Bonchev–Trinajstić information content (AvgIpc) is 2.24. The molecule has 0 radical (unpaired) electrons. The van der Waals surface area contributed by atoms with Crippen molar-refractivity contribution in [1.29, 1.82) is 0 Å². The van der Waals surface area contributed by atoms with Gasteiger partial charge in [-0.3, -0.25) is 14.5 Å². The van der Waals surface area contributed by atoms with Crippen LogP contribution in [0.25, 0.3) is 0 Å². The summed E-state index contributed by atoms with van der Waals surface area (Å²) in [6.07, 6.45) is -0.641. The molecule has 2 amide bonds. The van der Waals surface area contributed by atoms with Crippen molar-refractivity contribution in [3.05, 3.63) is 0 Å². The van der Waals surface area contributed by atoms with Gasteiger partial charge in [0.2, 0.25) is 5.91 Å². The highest BCUT2D eigenvalue weighted by atomic mass is 16.6. The first-order chi connectivity index (χ1) is 8.45. The number of nitrogens with one attached hydrogen (secondary N) is 1. The van der Waals surface area contributed by atoms with Gasteiger partial charge in [-0.2, -0.15) is 0 Å². The summed E-state index contributed by atoms with van der Waals surface area (Å²) in [6.45, 7) is 8.00. The van der Waals surface area contributed by atoms with Gasteiger partial charge in [0.05, 0.1) is 0 Å². The number of carbonyl (C=O) groups excluding carboxylic acids is 2. The zero-order valence-electron chi connectivity index (χ0n) is 12.2. The van der Waals surface area contributed by atoms with Crippen LogP contribution in [0.15, 0.2) is 0 Å². The van der Waals surface area contributed by atoms with Gasteiger partial charge in [0.25, 0.3) is 0 Å². The molecule has 0 aliphatic rings. The van der Waals surface area contributed by atoms with Crippen LogP contribution in [0.1, 0.15) is 34.6 Å². The third-order valence-corrected chi connectivity index (χ3v) is 2.37. The lowest BCUT2D eigenvalue weighted by molar-refractivity contribution is -0.141. The predicted molar refractivity (Wildman–Crippen MR) is 68.7 cm³/mol. The number of carboxylic acid groups (broad SMARTS) is 1. The van der Waals surface area contributed by atoms with Gasteiger partial charge >= 0.3 is 12.1 Å². The Morgan fingerprint density at radius 2 is 1.68 bits per heavy atom. The van der Waals surface area contributed by atoms with Crippen LogP contribution in [0.3, 0.4) is 0 Å². The van der Waals surface area contributed by atoms with Crippen LogP contribution >= 0.6 is 0 Å². The average molecular weight is 274 g/mol. The second-order valence-electron chi connectivity index (χ2n) is 5.34. The number of hydrogen-bond acceptors (Lipinski definition) is 4. The zero-order chi connectivity index (χ0) is 15.4. The van der Waals surface area contributed by atoms with Crippen LogP contribution in [-0.4, -0.2) is 52.7 Å². The van der Waals surface area contributed by atoms with Crippen molar-refractivity contribution in [1.82, 2.24) is 10.2 Å². The van der Waals surface area contributed by atoms with Crippen LogP contribution in [0.5, 0.6) is 0 Å². The molecule has 110 valence electrons. The van der Waals surface area contributed by atoms with Gasteiger partial charge in [-0.25, -0.2) is 4.79 Å². The van der Waals surface area contributed by atoms with Gasteiger partial charge in [0.1, 0.15) is 17.7 Å². The molecule has 19 heavy (non-hydrogen) atoms. The molecule has 0 saturated heterocycles. The van der Waals surface area contributed by atoms with Gasteiger partial charge < -0.3 is 15.2 Å². The first-order valence-corrected chi connectivity index (χ1v) is 5.94. The summed E-state index contributed by atoms with van der Waals surface area (Å²) in [7, 11) is 1.42. The van der Waals surface area contributed by atoms with E-state index in [4.69, 9.17) is 9.84 Å². The van der Waals surface area contributed by atoms with Crippen LogP contribution < -0.4 is 5.32 Å². The molecule has 0 bridgehead atoms. The molecule has 2 N–H and O–H groups in total. The third kappa shape index (κ3) is 6.08. The molecule has 0 rings (SSSR count). The highest BCUT2D eigenvalue weighted by Crippen LogP contribution is 2.10.